The summed E-state index contributed by atoms with van der Waals surface area (Å²) in [7, 11) is 4.10. The van der Waals surface area contributed by atoms with Crippen LogP contribution >= 0.6 is 15.9 Å². The summed E-state index contributed by atoms with van der Waals surface area (Å²) < 4.78 is 3.11. The molecule has 1 fully saturated rings. The van der Waals surface area contributed by atoms with Gasteiger partial charge in [0.25, 0.3) is 0 Å². The van der Waals surface area contributed by atoms with E-state index in [1.54, 1.807) is 0 Å². The fourth-order valence-electron chi connectivity index (χ4n) is 2.49. The Hall–Kier alpha value is -1.07. The number of halogens is 1. The summed E-state index contributed by atoms with van der Waals surface area (Å²) in [5, 5.41) is 3.50. The number of pyridine rings is 1. The molecule has 2 aromatic heterocycles. The Balaban J connectivity index is 2.12. The Kier molecular flexibility index (Phi) is 3.03. The average Bonchev–Trinajstić information content (AvgIpc) is 2.97. The molecule has 3 heterocycles. The van der Waals surface area contributed by atoms with Crippen LogP contribution in [0, 0.1) is 0 Å². The van der Waals surface area contributed by atoms with Gasteiger partial charge in [0.2, 0.25) is 0 Å². The third-order valence-corrected chi connectivity index (χ3v) is 4.08. The molecule has 0 saturated carbocycles. The average molecular weight is 309 g/mol. The summed E-state index contributed by atoms with van der Waals surface area (Å²) in [6.07, 6.45) is 4.51. The summed E-state index contributed by atoms with van der Waals surface area (Å²) >= 11 is 3.57. The van der Waals surface area contributed by atoms with E-state index in [0.29, 0.717) is 6.04 Å². The lowest BCUT2D eigenvalue weighted by Gasteiger charge is -2.13. The second-order valence-corrected chi connectivity index (χ2v) is 5.70. The first-order valence-electron chi connectivity index (χ1n) is 6.25. The Morgan fingerprint density at radius 1 is 1.50 bits per heavy atom. The van der Waals surface area contributed by atoms with Crippen LogP contribution < -0.4 is 10.2 Å². The van der Waals surface area contributed by atoms with E-state index in [9.17, 15) is 0 Å². The monoisotopic (exact) mass is 308 g/mol. The van der Waals surface area contributed by atoms with Crippen LogP contribution in [0.1, 0.15) is 24.7 Å². The third-order valence-electron chi connectivity index (χ3n) is 3.50. The molecular weight excluding hydrogens is 292 g/mol. The molecule has 1 unspecified atom stereocenters. The second-order valence-electron chi connectivity index (χ2n) is 4.94. The molecule has 96 valence electrons. The van der Waals surface area contributed by atoms with Gasteiger partial charge in [-0.25, -0.2) is 4.98 Å². The molecule has 3 rings (SSSR count). The van der Waals surface area contributed by atoms with Gasteiger partial charge in [0, 0.05) is 26.0 Å². The molecule has 0 aliphatic carbocycles. The highest BCUT2D eigenvalue weighted by Gasteiger charge is 2.22. The van der Waals surface area contributed by atoms with E-state index < -0.39 is 0 Å². The molecule has 5 heteroatoms. The molecule has 4 nitrogen and oxygen atoms in total. The predicted octanol–water partition coefficient (Wildman–Crippen LogP) is 2.59. The van der Waals surface area contributed by atoms with Crippen molar-refractivity contribution in [2.75, 3.05) is 25.5 Å². The molecule has 2 aromatic rings. The van der Waals surface area contributed by atoms with Crippen LogP contribution in [-0.2, 0) is 0 Å². The van der Waals surface area contributed by atoms with Gasteiger partial charge >= 0.3 is 0 Å². The summed E-state index contributed by atoms with van der Waals surface area (Å²) in [4.78, 5) is 6.77. The zero-order chi connectivity index (χ0) is 12.7. The van der Waals surface area contributed by atoms with Gasteiger partial charge in [-0.3, -0.25) is 0 Å². The van der Waals surface area contributed by atoms with Crippen LogP contribution in [0.3, 0.4) is 0 Å². The van der Waals surface area contributed by atoms with E-state index in [1.807, 2.05) is 0 Å². The highest BCUT2D eigenvalue weighted by molar-refractivity contribution is 9.10. The summed E-state index contributed by atoms with van der Waals surface area (Å²) in [5.74, 6) is 1.11. The van der Waals surface area contributed by atoms with Crippen molar-refractivity contribution in [1.82, 2.24) is 14.7 Å². The van der Waals surface area contributed by atoms with Crippen molar-refractivity contribution in [3.63, 3.8) is 0 Å². The predicted molar refractivity (Wildman–Crippen MR) is 77.2 cm³/mol. The maximum absolute atomic E-state index is 4.67. The highest BCUT2D eigenvalue weighted by Crippen LogP contribution is 2.29. The van der Waals surface area contributed by atoms with Gasteiger partial charge in [0.15, 0.2) is 0 Å². The van der Waals surface area contributed by atoms with Gasteiger partial charge in [0.1, 0.15) is 10.4 Å². The first kappa shape index (κ1) is 12.0. The molecule has 1 aliphatic rings. The van der Waals surface area contributed by atoms with Crippen LogP contribution in [0.15, 0.2) is 22.9 Å². The van der Waals surface area contributed by atoms with E-state index in [0.717, 1.165) is 22.5 Å². The Morgan fingerprint density at radius 3 is 3.00 bits per heavy atom. The fourth-order valence-corrected chi connectivity index (χ4v) is 2.98. The van der Waals surface area contributed by atoms with Gasteiger partial charge in [-0.1, -0.05) is 0 Å². The largest absolute Gasteiger partial charge is 0.378 e. The number of nitrogens with one attached hydrogen (secondary N) is 1. The Morgan fingerprint density at radius 2 is 2.33 bits per heavy atom. The maximum Gasteiger partial charge on any atom is 0.132 e. The molecule has 1 atom stereocenters. The van der Waals surface area contributed by atoms with E-state index in [2.05, 4.69) is 68.0 Å². The topological polar surface area (TPSA) is 32.6 Å². The van der Waals surface area contributed by atoms with Crippen molar-refractivity contribution in [3.8, 4) is 0 Å². The molecule has 0 amide bonds. The SMILES string of the molecule is CN(C)c1ccn2c(C3CCCN3)nc(Br)c2c1. The number of nitrogens with zero attached hydrogens (tertiary/aromatic N) is 3. The highest BCUT2D eigenvalue weighted by atomic mass is 79.9. The van der Waals surface area contributed by atoms with E-state index in [1.165, 1.54) is 18.5 Å². The third kappa shape index (κ3) is 1.91. The number of aromatic nitrogens is 2. The van der Waals surface area contributed by atoms with Crippen LogP contribution in [0.25, 0.3) is 5.52 Å². The molecule has 0 bridgehead atoms. The van der Waals surface area contributed by atoms with Crippen LogP contribution in [0.4, 0.5) is 5.69 Å². The maximum atomic E-state index is 4.67. The number of hydrogen-bond donors (Lipinski definition) is 1. The standard InChI is InChI=1S/C13H17BrN4/c1-17(2)9-5-7-18-11(8-9)12(14)16-13(18)10-4-3-6-15-10/h5,7-8,10,15H,3-4,6H2,1-2H3. The molecule has 0 spiro atoms. The van der Waals surface area contributed by atoms with Crippen molar-refractivity contribution in [1.29, 1.82) is 0 Å². The number of fused-ring (bicyclic) bond motifs is 1. The van der Waals surface area contributed by atoms with Crippen molar-refractivity contribution in [3.05, 3.63) is 28.8 Å². The molecule has 0 radical (unpaired) electrons. The Bertz CT molecular complexity index is 570. The first-order chi connectivity index (χ1) is 8.66. The Labute approximate surface area is 115 Å². The zero-order valence-electron chi connectivity index (χ0n) is 10.7. The second kappa shape index (κ2) is 4.55. The molecule has 1 N–H and O–H groups in total. The minimum absolute atomic E-state index is 0.383. The number of imidazole rings is 1. The van der Waals surface area contributed by atoms with Crippen molar-refractivity contribution in [2.45, 2.75) is 18.9 Å². The van der Waals surface area contributed by atoms with Crippen molar-refractivity contribution < 1.29 is 0 Å². The summed E-state index contributed by atoms with van der Waals surface area (Å²) in [6, 6.07) is 4.67. The lowest BCUT2D eigenvalue weighted by Crippen LogP contribution is -2.16. The van der Waals surface area contributed by atoms with Crippen LogP contribution in [0.2, 0.25) is 0 Å². The van der Waals surface area contributed by atoms with Gasteiger partial charge in [-0.05, 0) is 47.4 Å². The zero-order valence-corrected chi connectivity index (χ0v) is 12.2. The van der Waals surface area contributed by atoms with E-state index in [-0.39, 0.29) is 0 Å². The van der Waals surface area contributed by atoms with Gasteiger partial charge in [-0.15, -0.1) is 0 Å². The normalized spacial score (nSPS) is 19.6. The quantitative estimate of drug-likeness (QED) is 0.925. The van der Waals surface area contributed by atoms with Gasteiger partial charge in [0.05, 0.1) is 11.6 Å². The smallest absolute Gasteiger partial charge is 0.132 e. The number of hydrogen-bond acceptors (Lipinski definition) is 3. The lowest BCUT2D eigenvalue weighted by molar-refractivity contribution is 0.602. The molecular formula is C13H17BrN4. The summed E-state index contributed by atoms with van der Waals surface area (Å²) in [6.45, 7) is 1.09. The van der Waals surface area contributed by atoms with Crippen LogP contribution in [0.5, 0.6) is 0 Å². The minimum Gasteiger partial charge on any atom is -0.378 e. The van der Waals surface area contributed by atoms with Crippen molar-refractivity contribution >= 4 is 27.1 Å². The number of rotatable bonds is 2. The number of anilines is 1. The fraction of sp³-hybridized carbons (Fsp3) is 0.462. The van der Waals surface area contributed by atoms with E-state index >= 15 is 0 Å². The van der Waals surface area contributed by atoms with Gasteiger partial charge < -0.3 is 14.6 Å². The molecule has 18 heavy (non-hydrogen) atoms. The summed E-state index contributed by atoms with van der Waals surface area (Å²) in [5.41, 5.74) is 2.32. The lowest BCUT2D eigenvalue weighted by atomic mass is 10.2. The molecule has 1 saturated heterocycles. The molecule has 1 aliphatic heterocycles. The van der Waals surface area contributed by atoms with E-state index in [4.69, 9.17) is 0 Å². The molecule has 0 aromatic carbocycles. The van der Waals surface area contributed by atoms with Crippen LogP contribution in [-0.4, -0.2) is 30.0 Å². The first-order valence-corrected chi connectivity index (χ1v) is 7.04. The van der Waals surface area contributed by atoms with Crippen molar-refractivity contribution in [2.24, 2.45) is 0 Å². The minimum atomic E-state index is 0.383. The van der Waals surface area contributed by atoms with Gasteiger partial charge in [-0.2, -0.15) is 0 Å².